The number of amides is 1. The number of hydrogen-bond donors (Lipinski definition) is 0. The number of methoxy groups -OCH3 is 1. The van der Waals surface area contributed by atoms with Crippen LogP contribution >= 0.6 is 0 Å². The molecule has 5 nitrogen and oxygen atoms in total. The van der Waals surface area contributed by atoms with Crippen molar-refractivity contribution in [1.29, 1.82) is 0 Å². The summed E-state index contributed by atoms with van der Waals surface area (Å²) in [6, 6.07) is 18.0. The van der Waals surface area contributed by atoms with Crippen LogP contribution in [0.15, 0.2) is 54.6 Å². The van der Waals surface area contributed by atoms with Crippen LogP contribution in [0.5, 0.6) is 0 Å². The zero-order valence-corrected chi connectivity index (χ0v) is 16.2. The van der Waals surface area contributed by atoms with E-state index in [1.165, 1.54) is 25.5 Å². The molecule has 0 bridgehead atoms. The summed E-state index contributed by atoms with van der Waals surface area (Å²) in [5.74, 6) is -0.355. The van der Waals surface area contributed by atoms with E-state index < -0.39 is 0 Å². The first kappa shape index (κ1) is 18.7. The summed E-state index contributed by atoms with van der Waals surface area (Å²) in [5, 5.41) is 0. The van der Waals surface area contributed by atoms with E-state index in [1.54, 1.807) is 24.3 Å². The average Bonchev–Trinajstić information content (AvgIpc) is 3.59. The molecule has 0 aromatic heterocycles. The summed E-state index contributed by atoms with van der Waals surface area (Å²) in [4.78, 5) is 29.4. The fraction of sp³-hybridized carbons (Fsp3) is 0.391. The lowest BCUT2D eigenvalue weighted by Gasteiger charge is -2.42. The van der Waals surface area contributed by atoms with Crippen LogP contribution in [0.25, 0.3) is 0 Å². The lowest BCUT2D eigenvalue weighted by molar-refractivity contribution is 0.0436. The van der Waals surface area contributed by atoms with Gasteiger partial charge in [0.05, 0.1) is 12.7 Å². The molecule has 1 aliphatic carbocycles. The number of hydrogen-bond acceptors (Lipinski definition) is 4. The Morgan fingerprint density at radius 3 is 2.29 bits per heavy atom. The summed E-state index contributed by atoms with van der Waals surface area (Å²) in [6.07, 6.45) is 3.41. The zero-order chi connectivity index (χ0) is 19.5. The summed E-state index contributed by atoms with van der Waals surface area (Å²) in [5.41, 5.74) is 2.33. The Morgan fingerprint density at radius 2 is 1.64 bits per heavy atom. The topological polar surface area (TPSA) is 49.9 Å². The molecule has 4 rings (SSSR count). The van der Waals surface area contributed by atoms with Gasteiger partial charge in [0.1, 0.15) is 0 Å². The van der Waals surface area contributed by atoms with Gasteiger partial charge in [0, 0.05) is 37.3 Å². The van der Waals surface area contributed by atoms with E-state index in [1.807, 2.05) is 11.0 Å². The van der Waals surface area contributed by atoms with E-state index in [4.69, 9.17) is 4.74 Å². The molecular formula is C23H26N2O3. The van der Waals surface area contributed by atoms with Gasteiger partial charge < -0.3 is 9.64 Å². The summed E-state index contributed by atoms with van der Waals surface area (Å²) in [7, 11) is 1.36. The Labute approximate surface area is 165 Å². The maximum absolute atomic E-state index is 13.2. The minimum atomic E-state index is -0.390. The molecule has 1 aliphatic heterocycles. The van der Waals surface area contributed by atoms with Crippen LogP contribution in [-0.2, 0) is 11.2 Å². The van der Waals surface area contributed by atoms with Crippen molar-refractivity contribution in [2.24, 2.45) is 0 Å². The number of benzene rings is 2. The van der Waals surface area contributed by atoms with Crippen molar-refractivity contribution in [3.63, 3.8) is 0 Å². The highest BCUT2D eigenvalue weighted by Gasteiger charge is 2.37. The Kier molecular flexibility index (Phi) is 5.44. The number of ether oxygens (including phenoxy) is 1. The molecule has 0 N–H and O–H groups in total. The van der Waals surface area contributed by atoms with E-state index in [0.29, 0.717) is 17.2 Å². The number of rotatable bonds is 5. The highest BCUT2D eigenvalue weighted by atomic mass is 16.5. The largest absolute Gasteiger partial charge is 0.465 e. The van der Waals surface area contributed by atoms with Crippen LogP contribution in [0.4, 0.5) is 0 Å². The molecule has 2 fully saturated rings. The SMILES string of the molecule is COC(=O)c1ccc(C(=O)N2CCN(C3CC3)CC2Cc2ccccc2)cc1. The second-order valence-corrected chi connectivity index (χ2v) is 7.64. The summed E-state index contributed by atoms with van der Waals surface area (Å²) < 4.78 is 4.74. The van der Waals surface area contributed by atoms with Crippen LogP contribution in [-0.4, -0.2) is 60.5 Å². The molecule has 1 saturated carbocycles. The van der Waals surface area contributed by atoms with Crippen LogP contribution in [0.1, 0.15) is 39.1 Å². The minimum absolute atomic E-state index is 0.0350. The fourth-order valence-electron chi connectivity index (χ4n) is 4.01. The highest BCUT2D eigenvalue weighted by molar-refractivity contribution is 5.96. The minimum Gasteiger partial charge on any atom is -0.465 e. The quantitative estimate of drug-likeness (QED) is 0.751. The van der Waals surface area contributed by atoms with Gasteiger partial charge in [-0.1, -0.05) is 30.3 Å². The van der Waals surface area contributed by atoms with E-state index in [-0.39, 0.29) is 17.9 Å². The van der Waals surface area contributed by atoms with Crippen molar-refractivity contribution in [2.45, 2.75) is 31.3 Å². The standard InChI is InChI=1S/C23H26N2O3/c1-28-23(27)19-9-7-18(8-10-19)22(26)25-14-13-24(20-11-12-20)16-21(25)15-17-5-3-2-4-6-17/h2-10,20-21H,11-16H2,1H3. The molecule has 0 radical (unpaired) electrons. The molecule has 0 spiro atoms. The molecule has 1 unspecified atom stereocenters. The van der Waals surface area contributed by atoms with Gasteiger partial charge in [-0.3, -0.25) is 9.69 Å². The normalized spacial score (nSPS) is 20.0. The summed E-state index contributed by atoms with van der Waals surface area (Å²) in [6.45, 7) is 2.60. The third-order valence-electron chi connectivity index (χ3n) is 5.71. The fourth-order valence-corrected chi connectivity index (χ4v) is 4.01. The van der Waals surface area contributed by atoms with Crippen molar-refractivity contribution >= 4 is 11.9 Å². The molecule has 1 atom stereocenters. The van der Waals surface area contributed by atoms with Crippen molar-refractivity contribution in [1.82, 2.24) is 9.80 Å². The first-order chi connectivity index (χ1) is 13.7. The van der Waals surface area contributed by atoms with E-state index in [0.717, 1.165) is 26.1 Å². The van der Waals surface area contributed by atoms with Crippen LogP contribution in [0.2, 0.25) is 0 Å². The van der Waals surface area contributed by atoms with Crippen LogP contribution in [0.3, 0.4) is 0 Å². The number of piperazine rings is 1. The predicted molar refractivity (Wildman–Crippen MR) is 107 cm³/mol. The number of carbonyl (C=O) groups is 2. The Morgan fingerprint density at radius 1 is 0.964 bits per heavy atom. The lowest BCUT2D eigenvalue weighted by atomic mass is 10.0. The molecule has 2 aromatic rings. The third kappa shape index (κ3) is 4.09. The monoisotopic (exact) mass is 378 g/mol. The molecule has 2 aromatic carbocycles. The van der Waals surface area contributed by atoms with E-state index in [9.17, 15) is 9.59 Å². The first-order valence-corrected chi connectivity index (χ1v) is 9.93. The molecular weight excluding hydrogens is 352 g/mol. The van der Waals surface area contributed by atoms with Crippen LogP contribution in [0, 0.1) is 0 Å². The van der Waals surface area contributed by atoms with Gasteiger partial charge in [-0.2, -0.15) is 0 Å². The van der Waals surface area contributed by atoms with E-state index >= 15 is 0 Å². The average molecular weight is 378 g/mol. The van der Waals surface area contributed by atoms with Gasteiger partial charge in [0.15, 0.2) is 0 Å². The Hall–Kier alpha value is -2.66. The zero-order valence-electron chi connectivity index (χ0n) is 16.2. The number of nitrogens with zero attached hydrogens (tertiary/aromatic N) is 2. The smallest absolute Gasteiger partial charge is 0.337 e. The Balaban J connectivity index is 1.52. The molecule has 1 heterocycles. The molecule has 1 saturated heterocycles. The second-order valence-electron chi connectivity index (χ2n) is 7.64. The third-order valence-corrected chi connectivity index (χ3v) is 5.71. The Bertz CT molecular complexity index is 831. The van der Waals surface area contributed by atoms with Gasteiger partial charge in [-0.25, -0.2) is 4.79 Å². The van der Waals surface area contributed by atoms with Crippen molar-refractivity contribution in [3.8, 4) is 0 Å². The highest BCUT2D eigenvalue weighted by Crippen LogP contribution is 2.30. The predicted octanol–water partition coefficient (Wildman–Crippen LogP) is 3.00. The van der Waals surface area contributed by atoms with Crippen LogP contribution < -0.4 is 0 Å². The number of esters is 1. The van der Waals surface area contributed by atoms with Gasteiger partial charge in [0.2, 0.25) is 0 Å². The van der Waals surface area contributed by atoms with Gasteiger partial charge >= 0.3 is 5.97 Å². The van der Waals surface area contributed by atoms with E-state index in [2.05, 4.69) is 29.2 Å². The maximum Gasteiger partial charge on any atom is 0.337 e. The van der Waals surface area contributed by atoms with Gasteiger partial charge in [-0.05, 0) is 49.1 Å². The maximum atomic E-state index is 13.2. The van der Waals surface area contributed by atoms with Gasteiger partial charge in [0.25, 0.3) is 5.91 Å². The molecule has 2 aliphatic rings. The molecule has 146 valence electrons. The summed E-state index contributed by atoms with van der Waals surface area (Å²) >= 11 is 0. The lowest BCUT2D eigenvalue weighted by Crippen LogP contribution is -2.56. The van der Waals surface area contributed by atoms with Crippen molar-refractivity contribution in [2.75, 3.05) is 26.7 Å². The van der Waals surface area contributed by atoms with Gasteiger partial charge in [-0.15, -0.1) is 0 Å². The molecule has 1 amide bonds. The molecule has 5 heteroatoms. The first-order valence-electron chi connectivity index (χ1n) is 9.93. The second kappa shape index (κ2) is 8.15. The molecule has 28 heavy (non-hydrogen) atoms. The van der Waals surface area contributed by atoms with Crippen molar-refractivity contribution < 1.29 is 14.3 Å². The van der Waals surface area contributed by atoms with Crippen molar-refractivity contribution in [3.05, 3.63) is 71.3 Å². The number of carbonyl (C=O) groups excluding carboxylic acids is 2.